The third-order valence-electron chi connectivity index (χ3n) is 5.84. The van der Waals surface area contributed by atoms with Crippen molar-refractivity contribution in [2.24, 2.45) is 12.8 Å². The van der Waals surface area contributed by atoms with E-state index >= 15 is 0 Å². The van der Waals surface area contributed by atoms with Crippen LogP contribution in [0.1, 0.15) is 75.8 Å². The Bertz CT molecular complexity index is 937. The number of carbonyl (C=O) groups is 3. The summed E-state index contributed by atoms with van der Waals surface area (Å²) in [6.07, 6.45) is 8.97. The number of nitrogens with one attached hydrogen (secondary N) is 2. The Morgan fingerprint density at radius 1 is 1.16 bits per heavy atom. The van der Waals surface area contributed by atoms with Crippen molar-refractivity contribution >= 4 is 34.3 Å². The van der Waals surface area contributed by atoms with E-state index in [0.29, 0.717) is 30.6 Å². The molecule has 4 N–H and O–H groups in total. The minimum Gasteiger partial charge on any atom is -0.330 e. The summed E-state index contributed by atoms with van der Waals surface area (Å²) < 4.78 is 1.70. The van der Waals surface area contributed by atoms with Crippen LogP contribution in [0.2, 0.25) is 0 Å². The molecule has 1 atom stereocenters. The van der Waals surface area contributed by atoms with Gasteiger partial charge in [0.05, 0.1) is 22.8 Å². The minimum atomic E-state index is -0.461. The quantitative estimate of drug-likeness (QED) is 0.376. The average Bonchev–Trinajstić information content (AvgIpc) is 3.07. The number of aryl methyl sites for hydroxylation is 1. The molecule has 8 nitrogen and oxygen atoms in total. The maximum Gasteiger partial charge on any atom is 0.235 e. The largest absolute Gasteiger partial charge is 0.330 e. The van der Waals surface area contributed by atoms with Crippen LogP contribution in [0.25, 0.3) is 10.9 Å². The monoisotopic (exact) mass is 427 g/mol. The van der Waals surface area contributed by atoms with Crippen LogP contribution in [-0.2, 0) is 21.4 Å². The maximum absolute atomic E-state index is 12.5. The van der Waals surface area contributed by atoms with Gasteiger partial charge in [0.15, 0.2) is 0 Å². The van der Waals surface area contributed by atoms with Gasteiger partial charge in [-0.3, -0.25) is 24.4 Å². The molecule has 3 amide bonds. The van der Waals surface area contributed by atoms with Gasteiger partial charge in [-0.1, -0.05) is 44.2 Å². The van der Waals surface area contributed by atoms with Gasteiger partial charge in [0, 0.05) is 25.3 Å². The van der Waals surface area contributed by atoms with Crippen LogP contribution in [0.5, 0.6) is 0 Å². The Morgan fingerprint density at radius 3 is 2.58 bits per heavy atom. The Labute approximate surface area is 182 Å². The first-order chi connectivity index (χ1) is 15.0. The lowest BCUT2D eigenvalue weighted by atomic mass is 9.92. The maximum atomic E-state index is 12.5. The fourth-order valence-electron chi connectivity index (χ4n) is 4.20. The van der Waals surface area contributed by atoms with E-state index in [0.717, 1.165) is 43.1 Å². The molecule has 168 valence electrons. The number of nitrogens with zero attached hydrogens (tertiary/aromatic N) is 2. The van der Waals surface area contributed by atoms with Crippen molar-refractivity contribution in [1.29, 1.82) is 0 Å². The zero-order chi connectivity index (χ0) is 22.2. The molecule has 1 unspecified atom stereocenters. The van der Waals surface area contributed by atoms with Crippen LogP contribution in [0.4, 0.5) is 5.69 Å². The predicted octanol–water partition coefficient (Wildman–Crippen LogP) is 3.11. The standard InChI is InChI=1S/C23H33N5O3/c1-28-22-16(21(27-28)17-13-14-20(30)26-23(17)31)10-9-11-18(22)25-19(29)12-7-5-3-2-4-6-8-15-24/h9-11,17H,2-8,12-15,24H2,1H3,(H,25,29)(H,26,30,31). The highest BCUT2D eigenvalue weighted by Crippen LogP contribution is 2.33. The van der Waals surface area contributed by atoms with Crippen LogP contribution in [-0.4, -0.2) is 34.0 Å². The van der Waals surface area contributed by atoms with E-state index in [9.17, 15) is 14.4 Å². The number of fused-ring (bicyclic) bond motifs is 1. The topological polar surface area (TPSA) is 119 Å². The molecule has 3 rings (SSSR count). The summed E-state index contributed by atoms with van der Waals surface area (Å²) >= 11 is 0. The number of carbonyl (C=O) groups excluding carboxylic acids is 3. The zero-order valence-electron chi connectivity index (χ0n) is 18.3. The number of benzene rings is 1. The molecule has 8 heteroatoms. The lowest BCUT2D eigenvalue weighted by Gasteiger charge is -2.19. The Kier molecular flexibility index (Phi) is 8.17. The molecule has 1 fully saturated rings. The van der Waals surface area contributed by atoms with E-state index < -0.39 is 5.92 Å². The summed E-state index contributed by atoms with van der Waals surface area (Å²) in [6.45, 7) is 0.763. The Hall–Kier alpha value is -2.74. The molecular formula is C23H33N5O3. The van der Waals surface area contributed by atoms with Crippen LogP contribution in [0.3, 0.4) is 0 Å². The summed E-state index contributed by atoms with van der Waals surface area (Å²) in [5.74, 6) is -1.03. The second kappa shape index (κ2) is 11.0. The van der Waals surface area contributed by atoms with Crippen LogP contribution >= 0.6 is 0 Å². The molecule has 1 aromatic carbocycles. The molecule has 0 bridgehead atoms. The van der Waals surface area contributed by atoms with Gasteiger partial charge in [-0.15, -0.1) is 0 Å². The molecule has 0 aliphatic carbocycles. The summed E-state index contributed by atoms with van der Waals surface area (Å²) in [4.78, 5) is 36.3. The lowest BCUT2D eigenvalue weighted by Crippen LogP contribution is -2.39. The van der Waals surface area contributed by atoms with Gasteiger partial charge < -0.3 is 11.1 Å². The van der Waals surface area contributed by atoms with Gasteiger partial charge >= 0.3 is 0 Å². The number of rotatable bonds is 11. The Morgan fingerprint density at radius 2 is 1.87 bits per heavy atom. The van der Waals surface area contributed by atoms with E-state index in [-0.39, 0.29) is 17.7 Å². The summed E-state index contributed by atoms with van der Waals surface area (Å²) in [5.41, 5.74) is 7.63. The van der Waals surface area contributed by atoms with Gasteiger partial charge in [-0.05, 0) is 31.9 Å². The van der Waals surface area contributed by atoms with Crippen molar-refractivity contribution in [2.75, 3.05) is 11.9 Å². The first-order valence-electron chi connectivity index (χ1n) is 11.3. The van der Waals surface area contributed by atoms with Crippen molar-refractivity contribution in [1.82, 2.24) is 15.1 Å². The van der Waals surface area contributed by atoms with E-state index in [1.54, 1.807) is 11.7 Å². The van der Waals surface area contributed by atoms with Crippen molar-refractivity contribution < 1.29 is 14.4 Å². The van der Waals surface area contributed by atoms with Gasteiger partial charge in [0.1, 0.15) is 0 Å². The second-order valence-electron chi connectivity index (χ2n) is 8.28. The molecular weight excluding hydrogens is 394 g/mol. The average molecular weight is 428 g/mol. The van der Waals surface area contributed by atoms with Gasteiger partial charge in [0.25, 0.3) is 0 Å². The molecule has 1 aliphatic heterocycles. The van der Waals surface area contributed by atoms with E-state index in [1.807, 2.05) is 18.2 Å². The highest BCUT2D eigenvalue weighted by atomic mass is 16.2. The molecule has 0 spiro atoms. The second-order valence-corrected chi connectivity index (χ2v) is 8.28. The highest BCUT2D eigenvalue weighted by molar-refractivity contribution is 6.05. The molecule has 2 heterocycles. The molecule has 1 aromatic heterocycles. The minimum absolute atomic E-state index is 0.0145. The number of unbranched alkanes of at least 4 members (excludes halogenated alkanes) is 6. The fourth-order valence-corrected chi connectivity index (χ4v) is 4.20. The number of amides is 3. The number of nitrogens with two attached hydrogens (primary N) is 1. The molecule has 2 aromatic rings. The van der Waals surface area contributed by atoms with Gasteiger partial charge in [0.2, 0.25) is 17.7 Å². The number of para-hydroxylation sites is 1. The fraction of sp³-hybridized carbons (Fsp3) is 0.565. The van der Waals surface area contributed by atoms with Gasteiger partial charge in [-0.25, -0.2) is 0 Å². The first-order valence-corrected chi connectivity index (χ1v) is 11.3. The smallest absolute Gasteiger partial charge is 0.235 e. The molecule has 0 radical (unpaired) electrons. The van der Waals surface area contributed by atoms with E-state index in [4.69, 9.17) is 5.73 Å². The Balaban J connectivity index is 1.59. The third kappa shape index (κ3) is 5.91. The highest BCUT2D eigenvalue weighted by Gasteiger charge is 2.32. The molecule has 1 saturated heterocycles. The van der Waals surface area contributed by atoms with Crippen molar-refractivity contribution in [3.8, 4) is 0 Å². The number of imide groups is 1. The van der Waals surface area contributed by atoms with Crippen LogP contribution < -0.4 is 16.4 Å². The van der Waals surface area contributed by atoms with Crippen molar-refractivity contribution in [2.45, 2.75) is 70.1 Å². The van der Waals surface area contributed by atoms with E-state index in [1.165, 1.54) is 19.3 Å². The van der Waals surface area contributed by atoms with Crippen LogP contribution in [0, 0.1) is 0 Å². The lowest BCUT2D eigenvalue weighted by molar-refractivity contribution is -0.134. The zero-order valence-corrected chi connectivity index (χ0v) is 18.3. The molecule has 31 heavy (non-hydrogen) atoms. The van der Waals surface area contributed by atoms with Crippen molar-refractivity contribution in [3.63, 3.8) is 0 Å². The third-order valence-corrected chi connectivity index (χ3v) is 5.84. The van der Waals surface area contributed by atoms with Crippen molar-refractivity contribution in [3.05, 3.63) is 23.9 Å². The number of aromatic nitrogens is 2. The number of hydrogen-bond donors (Lipinski definition) is 3. The van der Waals surface area contributed by atoms with Crippen LogP contribution in [0.15, 0.2) is 18.2 Å². The van der Waals surface area contributed by atoms with Gasteiger partial charge in [-0.2, -0.15) is 5.10 Å². The number of piperidine rings is 1. The SMILES string of the molecule is Cn1nc(C2CCC(=O)NC2=O)c2cccc(NC(=O)CCCCCCCCCN)c21. The number of anilines is 1. The first kappa shape index (κ1) is 22.9. The number of hydrogen-bond acceptors (Lipinski definition) is 5. The molecule has 0 saturated carbocycles. The predicted molar refractivity (Wildman–Crippen MR) is 120 cm³/mol. The van der Waals surface area contributed by atoms with E-state index in [2.05, 4.69) is 15.7 Å². The summed E-state index contributed by atoms with van der Waals surface area (Å²) in [5, 5.41) is 10.8. The summed E-state index contributed by atoms with van der Waals surface area (Å²) in [6, 6.07) is 5.62. The normalized spacial score (nSPS) is 16.5. The molecule has 1 aliphatic rings. The summed E-state index contributed by atoms with van der Waals surface area (Å²) in [7, 11) is 1.80.